The van der Waals surface area contributed by atoms with E-state index in [9.17, 15) is 0 Å². The van der Waals surface area contributed by atoms with Gasteiger partial charge in [-0.2, -0.15) is 0 Å². The predicted octanol–water partition coefficient (Wildman–Crippen LogP) is 3.67. The highest BCUT2D eigenvalue weighted by Crippen LogP contribution is 2.04. The predicted molar refractivity (Wildman–Crippen MR) is 64.6 cm³/mol. The number of alkyl halides is 1. The second-order valence-corrected chi connectivity index (χ2v) is 4.67. The summed E-state index contributed by atoms with van der Waals surface area (Å²) in [5.74, 6) is 0. The largest absolute Gasteiger partial charge is 0.301 e. The van der Waals surface area contributed by atoms with Crippen molar-refractivity contribution in [3.05, 3.63) is 0 Å². The minimum absolute atomic E-state index is 0.705. The first-order valence-corrected chi connectivity index (χ1v) is 6.64. The Morgan fingerprint density at radius 1 is 1.08 bits per heavy atom. The minimum Gasteiger partial charge on any atom is -0.301 e. The number of hydrogen-bond donors (Lipinski definition) is 0. The lowest BCUT2D eigenvalue weighted by atomic mass is 10.2. The van der Waals surface area contributed by atoms with Gasteiger partial charge in [-0.3, -0.25) is 0 Å². The van der Waals surface area contributed by atoms with Crippen LogP contribution in [0.1, 0.15) is 46.5 Å². The lowest BCUT2D eigenvalue weighted by Gasteiger charge is -2.26. The SMILES string of the molecule is CCCCCN(CCCBr)C(C)C. The molecule has 0 heterocycles. The Morgan fingerprint density at radius 3 is 2.15 bits per heavy atom. The Kier molecular flexibility index (Phi) is 9.32. The summed E-state index contributed by atoms with van der Waals surface area (Å²) >= 11 is 3.48. The summed E-state index contributed by atoms with van der Waals surface area (Å²) in [5, 5.41) is 1.13. The van der Waals surface area contributed by atoms with E-state index < -0.39 is 0 Å². The van der Waals surface area contributed by atoms with Gasteiger partial charge in [0.25, 0.3) is 0 Å². The average Bonchev–Trinajstić information content (AvgIpc) is 2.10. The van der Waals surface area contributed by atoms with E-state index in [-0.39, 0.29) is 0 Å². The van der Waals surface area contributed by atoms with Crippen LogP contribution in [0.5, 0.6) is 0 Å². The normalized spacial score (nSPS) is 11.5. The maximum atomic E-state index is 3.48. The van der Waals surface area contributed by atoms with Crippen molar-refractivity contribution >= 4 is 15.9 Å². The van der Waals surface area contributed by atoms with Crippen LogP contribution in [0.15, 0.2) is 0 Å². The molecule has 0 aliphatic rings. The molecular weight excluding hydrogens is 226 g/mol. The molecule has 0 rings (SSSR count). The Bertz CT molecular complexity index is 104. The lowest BCUT2D eigenvalue weighted by Crippen LogP contribution is -2.32. The van der Waals surface area contributed by atoms with Crippen LogP contribution in [-0.2, 0) is 0 Å². The van der Waals surface area contributed by atoms with E-state index in [1.165, 1.54) is 38.8 Å². The molecule has 0 aromatic carbocycles. The van der Waals surface area contributed by atoms with E-state index in [1.807, 2.05) is 0 Å². The summed E-state index contributed by atoms with van der Waals surface area (Å²) < 4.78 is 0. The molecule has 0 aromatic heterocycles. The molecule has 1 nitrogen and oxygen atoms in total. The highest BCUT2D eigenvalue weighted by atomic mass is 79.9. The Morgan fingerprint density at radius 2 is 1.69 bits per heavy atom. The molecule has 0 aromatic rings. The van der Waals surface area contributed by atoms with Crippen molar-refractivity contribution in [3.63, 3.8) is 0 Å². The summed E-state index contributed by atoms with van der Waals surface area (Å²) in [6, 6.07) is 0.705. The van der Waals surface area contributed by atoms with Crippen LogP contribution >= 0.6 is 15.9 Å². The smallest absolute Gasteiger partial charge is 0.00434 e. The maximum Gasteiger partial charge on any atom is 0.00434 e. The fourth-order valence-electron chi connectivity index (χ4n) is 1.46. The molecule has 0 saturated carbocycles. The van der Waals surface area contributed by atoms with Gasteiger partial charge >= 0.3 is 0 Å². The summed E-state index contributed by atoms with van der Waals surface area (Å²) in [5.41, 5.74) is 0. The molecule has 0 spiro atoms. The van der Waals surface area contributed by atoms with Gasteiger partial charge in [-0.05, 0) is 39.8 Å². The van der Waals surface area contributed by atoms with Gasteiger partial charge in [0.1, 0.15) is 0 Å². The molecular formula is C11H24BrN. The highest BCUT2D eigenvalue weighted by molar-refractivity contribution is 9.09. The number of hydrogen-bond acceptors (Lipinski definition) is 1. The number of halogens is 1. The summed E-state index contributed by atoms with van der Waals surface area (Å²) in [6.45, 7) is 9.36. The molecule has 13 heavy (non-hydrogen) atoms. The quantitative estimate of drug-likeness (QED) is 0.469. The standard InChI is InChI=1S/C11H24BrN/c1-4-5-6-9-13(11(2)3)10-7-8-12/h11H,4-10H2,1-3H3. The highest BCUT2D eigenvalue weighted by Gasteiger charge is 2.07. The van der Waals surface area contributed by atoms with Crippen LogP contribution < -0.4 is 0 Å². The van der Waals surface area contributed by atoms with Crippen molar-refractivity contribution < 1.29 is 0 Å². The minimum atomic E-state index is 0.705. The first-order chi connectivity index (χ1) is 6.22. The fourth-order valence-corrected chi connectivity index (χ4v) is 1.71. The number of unbranched alkanes of at least 4 members (excludes halogenated alkanes) is 2. The van der Waals surface area contributed by atoms with Crippen LogP contribution in [0, 0.1) is 0 Å². The van der Waals surface area contributed by atoms with Crippen LogP contribution in [0.2, 0.25) is 0 Å². The molecule has 0 saturated heterocycles. The van der Waals surface area contributed by atoms with Crippen molar-refractivity contribution in [1.82, 2.24) is 4.90 Å². The van der Waals surface area contributed by atoms with Crippen LogP contribution in [0.4, 0.5) is 0 Å². The van der Waals surface area contributed by atoms with E-state index in [0.717, 1.165) is 5.33 Å². The molecule has 0 atom stereocenters. The first-order valence-electron chi connectivity index (χ1n) is 5.52. The monoisotopic (exact) mass is 249 g/mol. The molecule has 0 radical (unpaired) electrons. The van der Waals surface area contributed by atoms with E-state index in [4.69, 9.17) is 0 Å². The van der Waals surface area contributed by atoms with Gasteiger partial charge in [0, 0.05) is 11.4 Å². The van der Waals surface area contributed by atoms with Gasteiger partial charge in [-0.15, -0.1) is 0 Å². The Balaban J connectivity index is 3.54. The molecule has 0 N–H and O–H groups in total. The fraction of sp³-hybridized carbons (Fsp3) is 1.00. The topological polar surface area (TPSA) is 3.24 Å². The first kappa shape index (κ1) is 13.4. The molecule has 0 fully saturated rings. The van der Waals surface area contributed by atoms with Crippen molar-refractivity contribution in [3.8, 4) is 0 Å². The van der Waals surface area contributed by atoms with E-state index in [2.05, 4.69) is 41.6 Å². The third kappa shape index (κ3) is 7.51. The van der Waals surface area contributed by atoms with E-state index in [0.29, 0.717) is 6.04 Å². The second kappa shape index (κ2) is 9.01. The molecule has 0 unspecified atom stereocenters. The number of rotatable bonds is 8. The van der Waals surface area contributed by atoms with Gasteiger partial charge < -0.3 is 4.90 Å². The lowest BCUT2D eigenvalue weighted by molar-refractivity contribution is 0.218. The van der Waals surface area contributed by atoms with Gasteiger partial charge in [-0.25, -0.2) is 0 Å². The average molecular weight is 250 g/mol. The van der Waals surface area contributed by atoms with Gasteiger partial charge in [0.15, 0.2) is 0 Å². The van der Waals surface area contributed by atoms with E-state index in [1.54, 1.807) is 0 Å². The Hall–Kier alpha value is 0.440. The second-order valence-electron chi connectivity index (χ2n) is 3.88. The summed E-state index contributed by atoms with van der Waals surface area (Å²) in [7, 11) is 0. The third-order valence-electron chi connectivity index (χ3n) is 2.36. The van der Waals surface area contributed by atoms with Gasteiger partial charge in [-0.1, -0.05) is 35.7 Å². The van der Waals surface area contributed by atoms with Crippen LogP contribution in [-0.4, -0.2) is 29.4 Å². The number of nitrogens with zero attached hydrogens (tertiary/aromatic N) is 1. The van der Waals surface area contributed by atoms with Crippen molar-refractivity contribution in [2.75, 3.05) is 18.4 Å². The molecule has 0 amide bonds. The van der Waals surface area contributed by atoms with Crippen LogP contribution in [0.25, 0.3) is 0 Å². The third-order valence-corrected chi connectivity index (χ3v) is 2.92. The van der Waals surface area contributed by atoms with Gasteiger partial charge in [0.2, 0.25) is 0 Å². The van der Waals surface area contributed by atoms with Crippen molar-refractivity contribution in [1.29, 1.82) is 0 Å². The van der Waals surface area contributed by atoms with Crippen LogP contribution in [0.3, 0.4) is 0 Å². The molecule has 0 bridgehead atoms. The van der Waals surface area contributed by atoms with Gasteiger partial charge in [0.05, 0.1) is 0 Å². The molecule has 0 aliphatic heterocycles. The zero-order chi connectivity index (χ0) is 10.1. The van der Waals surface area contributed by atoms with E-state index >= 15 is 0 Å². The zero-order valence-electron chi connectivity index (χ0n) is 9.35. The maximum absolute atomic E-state index is 3.48. The summed E-state index contributed by atoms with van der Waals surface area (Å²) in [4.78, 5) is 2.58. The summed E-state index contributed by atoms with van der Waals surface area (Å²) in [6.07, 6.45) is 5.32. The Labute approximate surface area is 92.0 Å². The molecule has 2 heteroatoms. The van der Waals surface area contributed by atoms with Crippen molar-refractivity contribution in [2.45, 2.75) is 52.5 Å². The zero-order valence-corrected chi connectivity index (χ0v) is 10.9. The molecule has 0 aliphatic carbocycles. The van der Waals surface area contributed by atoms with Crippen molar-refractivity contribution in [2.24, 2.45) is 0 Å². The molecule has 80 valence electrons.